The lowest BCUT2D eigenvalue weighted by Gasteiger charge is -2.36. The number of hydrogen-bond acceptors (Lipinski definition) is 6. The molecule has 0 saturated heterocycles. The SMILES string of the molecule is CC1c2cnc(OS(=O)(=O)C(F)(F)F)cc2CCN1C(=O)OC(C)(C)C. The molecule has 0 N–H and O–H groups in total. The Bertz CT molecular complexity index is 802. The van der Waals surface area contributed by atoms with Gasteiger partial charge in [-0.2, -0.15) is 21.6 Å². The van der Waals surface area contributed by atoms with Crippen molar-refractivity contribution in [3.63, 3.8) is 0 Å². The molecule has 1 unspecified atom stereocenters. The monoisotopic (exact) mass is 396 g/mol. The molecule has 0 aromatic carbocycles. The number of nitrogens with zero attached hydrogens (tertiary/aromatic N) is 2. The van der Waals surface area contributed by atoms with E-state index in [-0.39, 0.29) is 6.54 Å². The number of carbonyl (C=O) groups is 1. The third-order valence-electron chi connectivity index (χ3n) is 3.65. The molecule has 1 aliphatic heterocycles. The average Bonchev–Trinajstić information content (AvgIpc) is 2.43. The Kier molecular flexibility index (Phi) is 5.15. The molecular formula is C15H19F3N2O5S. The van der Waals surface area contributed by atoms with Crippen LogP contribution in [0.2, 0.25) is 0 Å². The predicted octanol–water partition coefficient (Wildman–Crippen LogP) is 3.16. The summed E-state index contributed by atoms with van der Waals surface area (Å²) in [6.45, 7) is 7.19. The number of ether oxygens (including phenoxy) is 1. The van der Waals surface area contributed by atoms with Gasteiger partial charge in [0.2, 0.25) is 5.88 Å². The summed E-state index contributed by atoms with van der Waals surface area (Å²) in [5, 5.41) is 0. The summed E-state index contributed by atoms with van der Waals surface area (Å²) >= 11 is 0. The van der Waals surface area contributed by atoms with E-state index in [1.54, 1.807) is 27.7 Å². The fraction of sp³-hybridized carbons (Fsp3) is 0.600. The van der Waals surface area contributed by atoms with E-state index in [1.165, 1.54) is 11.1 Å². The Labute approximate surface area is 149 Å². The van der Waals surface area contributed by atoms with Gasteiger partial charge in [0.1, 0.15) is 5.60 Å². The molecule has 0 aliphatic carbocycles. The lowest BCUT2D eigenvalue weighted by molar-refractivity contribution is -0.0501. The Morgan fingerprint density at radius 3 is 2.46 bits per heavy atom. The van der Waals surface area contributed by atoms with E-state index in [0.717, 1.165) is 6.07 Å². The standard InChI is InChI=1S/C15H19F3N2O5S/c1-9-11-8-19-12(25-26(22,23)15(16,17)18)7-10(11)5-6-20(9)13(21)24-14(2,3)4/h7-9H,5-6H2,1-4H3. The van der Waals surface area contributed by atoms with Crippen molar-refractivity contribution in [2.45, 2.75) is 51.3 Å². The molecule has 0 saturated carbocycles. The number of hydrogen-bond donors (Lipinski definition) is 0. The summed E-state index contributed by atoms with van der Waals surface area (Å²) < 4.78 is 68.7. The first-order valence-corrected chi connectivity index (χ1v) is 9.11. The number of rotatable bonds is 2. The number of amides is 1. The second kappa shape index (κ2) is 6.60. The summed E-state index contributed by atoms with van der Waals surface area (Å²) in [7, 11) is -5.78. The van der Waals surface area contributed by atoms with Crippen LogP contribution in [-0.4, -0.2) is 42.0 Å². The highest BCUT2D eigenvalue weighted by molar-refractivity contribution is 7.87. The molecule has 0 spiro atoms. The maximum absolute atomic E-state index is 12.4. The van der Waals surface area contributed by atoms with Crippen LogP contribution >= 0.6 is 0 Å². The second-order valence-electron chi connectivity index (χ2n) is 6.80. The van der Waals surface area contributed by atoms with E-state index >= 15 is 0 Å². The van der Waals surface area contributed by atoms with Crippen molar-refractivity contribution >= 4 is 16.2 Å². The molecule has 1 amide bonds. The molecule has 26 heavy (non-hydrogen) atoms. The average molecular weight is 396 g/mol. The first kappa shape index (κ1) is 20.3. The van der Waals surface area contributed by atoms with Crippen LogP contribution in [0.1, 0.15) is 44.9 Å². The lowest BCUT2D eigenvalue weighted by atomic mass is 9.96. The van der Waals surface area contributed by atoms with Gasteiger partial charge >= 0.3 is 21.7 Å². The van der Waals surface area contributed by atoms with Crippen LogP contribution in [0.5, 0.6) is 5.88 Å². The molecule has 0 fully saturated rings. The van der Waals surface area contributed by atoms with Gasteiger partial charge in [-0.15, -0.1) is 0 Å². The molecule has 2 rings (SSSR count). The maximum atomic E-state index is 12.4. The van der Waals surface area contributed by atoms with Crippen molar-refractivity contribution in [2.24, 2.45) is 0 Å². The Hall–Kier alpha value is -2.04. The second-order valence-corrected chi connectivity index (χ2v) is 8.34. The van der Waals surface area contributed by atoms with Crippen molar-refractivity contribution in [3.05, 3.63) is 23.4 Å². The van der Waals surface area contributed by atoms with Gasteiger partial charge in [-0.25, -0.2) is 9.78 Å². The molecule has 1 aromatic rings. The molecule has 11 heteroatoms. The zero-order valence-electron chi connectivity index (χ0n) is 14.6. The van der Waals surface area contributed by atoms with Crippen LogP contribution in [0.3, 0.4) is 0 Å². The maximum Gasteiger partial charge on any atom is 0.534 e. The van der Waals surface area contributed by atoms with Crippen LogP contribution in [0.4, 0.5) is 18.0 Å². The third kappa shape index (κ3) is 4.37. The number of fused-ring (bicyclic) bond motifs is 1. The van der Waals surface area contributed by atoms with Gasteiger partial charge < -0.3 is 13.8 Å². The zero-order valence-corrected chi connectivity index (χ0v) is 15.4. The van der Waals surface area contributed by atoms with Gasteiger partial charge in [0, 0.05) is 18.8 Å². The molecule has 1 aromatic heterocycles. The first-order valence-electron chi connectivity index (χ1n) is 7.70. The number of aromatic nitrogens is 1. The van der Waals surface area contributed by atoms with E-state index in [9.17, 15) is 26.4 Å². The highest BCUT2D eigenvalue weighted by Crippen LogP contribution is 2.33. The quantitative estimate of drug-likeness (QED) is 0.564. The smallest absolute Gasteiger partial charge is 0.444 e. The number of alkyl halides is 3. The van der Waals surface area contributed by atoms with Crippen LogP contribution in [0.15, 0.2) is 12.3 Å². The van der Waals surface area contributed by atoms with Crippen molar-refractivity contribution in [2.75, 3.05) is 6.54 Å². The third-order valence-corrected chi connectivity index (χ3v) is 4.60. The normalized spacial score (nSPS) is 18.3. The van der Waals surface area contributed by atoms with Crippen LogP contribution in [-0.2, 0) is 21.3 Å². The van der Waals surface area contributed by atoms with Gasteiger partial charge in [-0.1, -0.05) is 0 Å². The van der Waals surface area contributed by atoms with Crippen molar-refractivity contribution in [1.82, 2.24) is 9.88 Å². The van der Waals surface area contributed by atoms with Gasteiger partial charge in [0.15, 0.2) is 0 Å². The van der Waals surface area contributed by atoms with Crippen LogP contribution in [0.25, 0.3) is 0 Å². The molecule has 2 heterocycles. The fourth-order valence-corrected chi connectivity index (χ4v) is 2.87. The molecule has 146 valence electrons. The van der Waals surface area contributed by atoms with Gasteiger partial charge in [-0.05, 0) is 45.2 Å². The van der Waals surface area contributed by atoms with Crippen LogP contribution in [0, 0.1) is 0 Å². The summed E-state index contributed by atoms with van der Waals surface area (Å²) in [5.41, 5.74) is -5.07. The van der Waals surface area contributed by atoms with E-state index in [4.69, 9.17) is 4.74 Å². The highest BCUT2D eigenvalue weighted by Gasteiger charge is 2.49. The molecule has 1 aliphatic rings. The van der Waals surface area contributed by atoms with Crippen molar-refractivity contribution in [3.8, 4) is 5.88 Å². The summed E-state index contributed by atoms with van der Waals surface area (Å²) in [6, 6.07) is 0.705. The van der Waals surface area contributed by atoms with Gasteiger partial charge in [0.05, 0.1) is 6.04 Å². The number of carbonyl (C=O) groups excluding carboxylic acids is 1. The highest BCUT2D eigenvalue weighted by atomic mass is 32.2. The minimum atomic E-state index is -5.78. The lowest BCUT2D eigenvalue weighted by Crippen LogP contribution is -2.42. The topological polar surface area (TPSA) is 85.8 Å². The van der Waals surface area contributed by atoms with Crippen LogP contribution < -0.4 is 4.18 Å². The van der Waals surface area contributed by atoms with Crippen molar-refractivity contribution in [1.29, 1.82) is 0 Å². The number of pyridine rings is 1. The number of halogens is 3. The van der Waals surface area contributed by atoms with Gasteiger partial charge in [0.25, 0.3) is 0 Å². The van der Waals surface area contributed by atoms with E-state index in [1.807, 2.05) is 0 Å². The molecule has 7 nitrogen and oxygen atoms in total. The summed E-state index contributed by atoms with van der Waals surface area (Å²) in [5.74, 6) is -0.668. The Morgan fingerprint density at radius 2 is 1.92 bits per heavy atom. The molecule has 1 atom stereocenters. The largest absolute Gasteiger partial charge is 0.534 e. The minimum absolute atomic E-state index is 0.262. The molecule has 0 radical (unpaired) electrons. The van der Waals surface area contributed by atoms with Crippen molar-refractivity contribution < 1.29 is 35.3 Å². The first-order chi connectivity index (χ1) is 11.7. The Morgan fingerprint density at radius 1 is 1.31 bits per heavy atom. The fourth-order valence-electron chi connectivity index (χ4n) is 2.46. The van der Waals surface area contributed by atoms with E-state index < -0.39 is 39.2 Å². The van der Waals surface area contributed by atoms with Gasteiger partial charge in [-0.3, -0.25) is 0 Å². The zero-order chi connectivity index (χ0) is 19.9. The summed E-state index contributed by atoms with van der Waals surface area (Å²) in [4.78, 5) is 17.4. The Balaban J connectivity index is 2.22. The molecular weight excluding hydrogens is 377 g/mol. The minimum Gasteiger partial charge on any atom is -0.444 e. The summed E-state index contributed by atoms with van der Waals surface area (Å²) in [6.07, 6.45) is 0.984. The molecule has 0 bridgehead atoms. The van der Waals surface area contributed by atoms with E-state index in [0.29, 0.717) is 17.5 Å². The predicted molar refractivity (Wildman–Crippen MR) is 84.9 cm³/mol. The van der Waals surface area contributed by atoms with E-state index in [2.05, 4.69) is 9.17 Å².